The van der Waals surface area contributed by atoms with Gasteiger partial charge in [-0.15, -0.1) is 0 Å². The number of rotatable bonds is 4. The number of nitrogens with one attached hydrogen (secondary N) is 1. The number of sulfonamides is 1. The van der Waals surface area contributed by atoms with Gasteiger partial charge in [-0.25, -0.2) is 12.7 Å². The zero-order chi connectivity index (χ0) is 13.2. The normalized spacial score (nSPS) is 21.1. The molecule has 1 aliphatic heterocycles. The molecule has 1 aromatic carbocycles. The first-order valence-corrected chi connectivity index (χ1v) is 8.14. The fraction of sp³-hybridized carbons (Fsp3) is 0.538. The molecule has 0 aliphatic carbocycles. The summed E-state index contributed by atoms with van der Waals surface area (Å²) >= 11 is 0. The Morgan fingerprint density at radius 2 is 2.22 bits per heavy atom. The molecule has 1 N–H and O–H groups in total. The van der Waals surface area contributed by atoms with Crippen LogP contribution < -0.4 is 5.32 Å². The Morgan fingerprint density at radius 1 is 1.44 bits per heavy atom. The van der Waals surface area contributed by atoms with Gasteiger partial charge in [-0.2, -0.15) is 0 Å². The van der Waals surface area contributed by atoms with Crippen molar-refractivity contribution in [3.05, 3.63) is 29.8 Å². The largest absolute Gasteiger partial charge is 0.381 e. The average Bonchev–Trinajstić information content (AvgIpc) is 2.77. The zero-order valence-corrected chi connectivity index (χ0v) is 11.7. The Balaban J connectivity index is 1.99. The fourth-order valence-corrected chi connectivity index (χ4v) is 3.15. The summed E-state index contributed by atoms with van der Waals surface area (Å²) in [5, 5.41) is 3.41. The summed E-state index contributed by atoms with van der Waals surface area (Å²) in [4.78, 5) is 0. The van der Waals surface area contributed by atoms with Gasteiger partial charge in [-0.3, -0.25) is 0 Å². The molecule has 0 bridgehead atoms. The van der Waals surface area contributed by atoms with Gasteiger partial charge in [0.15, 0.2) is 0 Å². The summed E-state index contributed by atoms with van der Waals surface area (Å²) in [6, 6.07) is 8.50. The van der Waals surface area contributed by atoms with E-state index in [4.69, 9.17) is 0 Å². The van der Waals surface area contributed by atoms with Crippen LogP contribution >= 0.6 is 0 Å². The lowest BCUT2D eigenvalue weighted by Crippen LogP contribution is -2.30. The van der Waals surface area contributed by atoms with Crippen LogP contribution in [0.2, 0.25) is 0 Å². The number of hydrogen-bond acceptors (Lipinski definition) is 3. The Kier molecular flexibility index (Phi) is 3.92. The summed E-state index contributed by atoms with van der Waals surface area (Å²) in [5.41, 5.74) is 2.37. The molecule has 0 amide bonds. The standard InChI is InChI=1S/C13H20N2O2S/c1-3-11-5-4-6-12(9-11)14-13-7-8-15(10-13)18(2,16)17/h4-6,9,13-14H,3,7-8,10H2,1-2H3. The van der Waals surface area contributed by atoms with Crippen LogP contribution in [0, 0.1) is 0 Å². The first kappa shape index (κ1) is 13.4. The summed E-state index contributed by atoms with van der Waals surface area (Å²) < 4.78 is 24.4. The van der Waals surface area contributed by atoms with Crippen LogP contribution in [0.4, 0.5) is 5.69 Å². The van der Waals surface area contributed by atoms with Crippen molar-refractivity contribution in [2.24, 2.45) is 0 Å². The highest BCUT2D eigenvalue weighted by Crippen LogP contribution is 2.18. The maximum absolute atomic E-state index is 11.4. The monoisotopic (exact) mass is 268 g/mol. The quantitative estimate of drug-likeness (QED) is 0.904. The van der Waals surface area contributed by atoms with Crippen LogP contribution in [0.25, 0.3) is 0 Å². The minimum atomic E-state index is -3.05. The van der Waals surface area contributed by atoms with E-state index in [0.717, 1.165) is 18.5 Å². The number of aryl methyl sites for hydroxylation is 1. The van der Waals surface area contributed by atoms with Crippen LogP contribution in [0.5, 0.6) is 0 Å². The summed E-state index contributed by atoms with van der Waals surface area (Å²) in [7, 11) is -3.05. The first-order valence-electron chi connectivity index (χ1n) is 6.29. The van der Waals surface area contributed by atoms with Gasteiger partial charge < -0.3 is 5.32 Å². The van der Waals surface area contributed by atoms with E-state index in [9.17, 15) is 8.42 Å². The molecule has 0 radical (unpaired) electrons. The molecular formula is C13H20N2O2S. The van der Waals surface area contributed by atoms with E-state index in [2.05, 4.69) is 24.4 Å². The highest BCUT2D eigenvalue weighted by atomic mass is 32.2. The van der Waals surface area contributed by atoms with E-state index < -0.39 is 10.0 Å². The molecule has 0 spiro atoms. The van der Waals surface area contributed by atoms with Crippen molar-refractivity contribution in [1.82, 2.24) is 4.31 Å². The number of hydrogen-bond donors (Lipinski definition) is 1. The van der Waals surface area contributed by atoms with Gasteiger partial charge in [0.25, 0.3) is 0 Å². The van der Waals surface area contributed by atoms with Crippen molar-refractivity contribution >= 4 is 15.7 Å². The lowest BCUT2D eigenvalue weighted by atomic mass is 10.1. The lowest BCUT2D eigenvalue weighted by Gasteiger charge is -2.16. The summed E-state index contributed by atoms with van der Waals surface area (Å²) in [6.07, 6.45) is 3.14. The minimum absolute atomic E-state index is 0.215. The first-order chi connectivity index (χ1) is 8.49. The Labute approximate surface area is 109 Å². The predicted molar refractivity (Wildman–Crippen MR) is 74.3 cm³/mol. The van der Waals surface area contributed by atoms with Gasteiger partial charge in [0.05, 0.1) is 6.26 Å². The number of benzene rings is 1. The highest BCUT2D eigenvalue weighted by molar-refractivity contribution is 7.88. The third-order valence-electron chi connectivity index (χ3n) is 3.33. The molecule has 1 unspecified atom stereocenters. The molecule has 1 heterocycles. The van der Waals surface area contributed by atoms with Gasteiger partial charge in [-0.1, -0.05) is 19.1 Å². The molecule has 1 fully saturated rings. The molecule has 1 saturated heterocycles. The van der Waals surface area contributed by atoms with Crippen LogP contribution in [-0.4, -0.2) is 38.1 Å². The van der Waals surface area contributed by atoms with Gasteiger partial charge >= 0.3 is 0 Å². The van der Waals surface area contributed by atoms with Crippen molar-refractivity contribution in [2.75, 3.05) is 24.7 Å². The maximum Gasteiger partial charge on any atom is 0.211 e. The zero-order valence-electron chi connectivity index (χ0n) is 10.9. The lowest BCUT2D eigenvalue weighted by molar-refractivity contribution is 0.480. The average molecular weight is 268 g/mol. The van der Waals surface area contributed by atoms with Crippen molar-refractivity contribution in [1.29, 1.82) is 0 Å². The molecule has 0 saturated carbocycles. The van der Waals surface area contributed by atoms with E-state index in [-0.39, 0.29) is 6.04 Å². The second-order valence-corrected chi connectivity index (χ2v) is 6.79. The van der Waals surface area contributed by atoms with E-state index in [1.165, 1.54) is 16.1 Å². The number of anilines is 1. The molecule has 2 rings (SSSR count). The Bertz CT molecular complexity index is 513. The topological polar surface area (TPSA) is 49.4 Å². The second kappa shape index (κ2) is 5.28. The van der Waals surface area contributed by atoms with Gasteiger partial charge in [0, 0.05) is 24.8 Å². The second-order valence-electron chi connectivity index (χ2n) is 4.80. The van der Waals surface area contributed by atoms with E-state index in [1.807, 2.05) is 12.1 Å². The third kappa shape index (κ3) is 3.23. The SMILES string of the molecule is CCc1cccc(NC2CCN(S(C)(=O)=O)C2)c1. The summed E-state index contributed by atoms with van der Waals surface area (Å²) in [6.45, 7) is 3.30. The van der Waals surface area contributed by atoms with Gasteiger partial charge in [0.1, 0.15) is 0 Å². The highest BCUT2D eigenvalue weighted by Gasteiger charge is 2.28. The molecule has 1 aromatic rings. The Morgan fingerprint density at radius 3 is 2.83 bits per heavy atom. The third-order valence-corrected chi connectivity index (χ3v) is 4.60. The van der Waals surface area contributed by atoms with Crippen LogP contribution in [-0.2, 0) is 16.4 Å². The molecule has 100 valence electrons. The van der Waals surface area contributed by atoms with E-state index in [1.54, 1.807) is 0 Å². The summed E-state index contributed by atoms with van der Waals surface area (Å²) in [5.74, 6) is 0. The number of nitrogens with zero attached hydrogens (tertiary/aromatic N) is 1. The molecule has 1 aliphatic rings. The predicted octanol–water partition coefficient (Wildman–Crippen LogP) is 1.69. The van der Waals surface area contributed by atoms with Crippen molar-refractivity contribution in [3.8, 4) is 0 Å². The van der Waals surface area contributed by atoms with Crippen LogP contribution in [0.1, 0.15) is 18.9 Å². The minimum Gasteiger partial charge on any atom is -0.381 e. The van der Waals surface area contributed by atoms with Crippen molar-refractivity contribution in [2.45, 2.75) is 25.8 Å². The van der Waals surface area contributed by atoms with Gasteiger partial charge in [-0.05, 0) is 30.5 Å². The van der Waals surface area contributed by atoms with Gasteiger partial charge in [0.2, 0.25) is 10.0 Å². The van der Waals surface area contributed by atoms with E-state index in [0.29, 0.717) is 13.1 Å². The van der Waals surface area contributed by atoms with Crippen LogP contribution in [0.3, 0.4) is 0 Å². The molecule has 18 heavy (non-hydrogen) atoms. The Hall–Kier alpha value is -1.07. The molecule has 1 atom stereocenters. The van der Waals surface area contributed by atoms with Crippen molar-refractivity contribution in [3.63, 3.8) is 0 Å². The molecule has 4 nitrogen and oxygen atoms in total. The molecule has 5 heteroatoms. The van der Waals surface area contributed by atoms with Crippen molar-refractivity contribution < 1.29 is 8.42 Å². The van der Waals surface area contributed by atoms with E-state index >= 15 is 0 Å². The van der Waals surface area contributed by atoms with Crippen LogP contribution in [0.15, 0.2) is 24.3 Å². The smallest absolute Gasteiger partial charge is 0.211 e. The maximum atomic E-state index is 11.4. The fourth-order valence-electron chi connectivity index (χ4n) is 2.26. The molecule has 0 aromatic heterocycles. The molecular weight excluding hydrogens is 248 g/mol.